The first-order valence-corrected chi connectivity index (χ1v) is 8.45. The van der Waals surface area contributed by atoms with Gasteiger partial charge in [0.2, 0.25) is 0 Å². The summed E-state index contributed by atoms with van der Waals surface area (Å²) in [6, 6.07) is 11.4. The first-order valence-electron chi connectivity index (χ1n) is 7.30. The van der Waals surface area contributed by atoms with Gasteiger partial charge in [0, 0.05) is 23.0 Å². The molecule has 0 aliphatic rings. The number of nitrogen functional groups attached to an aromatic ring is 1. The third kappa shape index (κ3) is 4.32. The fourth-order valence-corrected chi connectivity index (χ4v) is 3.08. The average molecular weight is 337 g/mol. The van der Waals surface area contributed by atoms with Crippen molar-refractivity contribution in [2.24, 2.45) is 0 Å². The van der Waals surface area contributed by atoms with E-state index in [-0.39, 0.29) is 0 Å². The van der Waals surface area contributed by atoms with Crippen LogP contribution in [-0.4, -0.2) is 17.4 Å². The molecule has 2 aromatic carbocycles. The Labute approximate surface area is 141 Å². The summed E-state index contributed by atoms with van der Waals surface area (Å²) in [5, 5.41) is 0.698. The van der Waals surface area contributed by atoms with Crippen molar-refractivity contribution in [3.8, 4) is 11.5 Å². The predicted octanol–water partition coefficient (Wildman–Crippen LogP) is 5.37. The van der Waals surface area contributed by atoms with Gasteiger partial charge in [-0.1, -0.05) is 25.4 Å². The first kappa shape index (κ1) is 17.0. The van der Waals surface area contributed by atoms with E-state index in [1.807, 2.05) is 43.3 Å². The fraction of sp³-hybridized carbons (Fsp3) is 0.294. The summed E-state index contributed by atoms with van der Waals surface area (Å²) in [6.45, 7) is 8.21. The number of benzene rings is 2. The van der Waals surface area contributed by atoms with Crippen LogP contribution in [0.3, 0.4) is 0 Å². The third-order valence-corrected chi connectivity index (χ3v) is 4.76. The van der Waals surface area contributed by atoms with Crippen molar-refractivity contribution in [3.63, 3.8) is 0 Å². The Hall–Kier alpha value is -1.36. The SMILES string of the molecule is CCN(CC)Sc1ccc(N)c(Oc2ccc(Cl)cc2C)c1. The van der Waals surface area contributed by atoms with E-state index < -0.39 is 0 Å². The van der Waals surface area contributed by atoms with Crippen molar-refractivity contribution >= 4 is 29.2 Å². The zero-order valence-electron chi connectivity index (χ0n) is 13.1. The van der Waals surface area contributed by atoms with E-state index in [1.165, 1.54) is 0 Å². The number of hydrogen-bond acceptors (Lipinski definition) is 4. The van der Waals surface area contributed by atoms with Crippen LogP contribution in [0, 0.1) is 6.92 Å². The zero-order valence-corrected chi connectivity index (χ0v) is 14.7. The molecule has 2 N–H and O–H groups in total. The van der Waals surface area contributed by atoms with Crippen molar-refractivity contribution in [2.45, 2.75) is 25.7 Å². The second kappa shape index (κ2) is 7.77. The molecule has 0 heterocycles. The average Bonchev–Trinajstić information content (AvgIpc) is 2.50. The Kier molecular flexibility index (Phi) is 6.00. The molecule has 2 rings (SSSR count). The second-order valence-electron chi connectivity index (χ2n) is 4.92. The van der Waals surface area contributed by atoms with Crippen molar-refractivity contribution in [3.05, 3.63) is 47.0 Å². The lowest BCUT2D eigenvalue weighted by atomic mass is 10.2. The van der Waals surface area contributed by atoms with Crippen LogP contribution < -0.4 is 10.5 Å². The molecule has 0 aliphatic heterocycles. The number of ether oxygens (including phenoxy) is 1. The maximum Gasteiger partial charge on any atom is 0.151 e. The quantitative estimate of drug-likeness (QED) is 0.568. The van der Waals surface area contributed by atoms with Crippen LogP contribution in [0.25, 0.3) is 0 Å². The molecule has 0 bridgehead atoms. The topological polar surface area (TPSA) is 38.5 Å². The highest BCUT2D eigenvalue weighted by Gasteiger charge is 2.09. The lowest BCUT2D eigenvalue weighted by molar-refractivity contribution is 0.479. The molecule has 0 saturated heterocycles. The Balaban J connectivity index is 2.23. The van der Waals surface area contributed by atoms with Crippen LogP contribution in [0.15, 0.2) is 41.3 Å². The van der Waals surface area contributed by atoms with Crippen molar-refractivity contribution in [1.82, 2.24) is 4.31 Å². The van der Waals surface area contributed by atoms with Gasteiger partial charge >= 0.3 is 0 Å². The van der Waals surface area contributed by atoms with E-state index in [1.54, 1.807) is 11.9 Å². The van der Waals surface area contributed by atoms with Gasteiger partial charge in [-0.3, -0.25) is 0 Å². The van der Waals surface area contributed by atoms with E-state index in [9.17, 15) is 0 Å². The van der Waals surface area contributed by atoms with Crippen LogP contribution in [0.2, 0.25) is 5.02 Å². The van der Waals surface area contributed by atoms with Crippen molar-refractivity contribution < 1.29 is 4.74 Å². The van der Waals surface area contributed by atoms with Gasteiger partial charge in [-0.15, -0.1) is 0 Å². The van der Waals surface area contributed by atoms with Crippen LogP contribution in [0.5, 0.6) is 11.5 Å². The summed E-state index contributed by atoms with van der Waals surface area (Å²) in [6.07, 6.45) is 0. The van der Waals surface area contributed by atoms with Gasteiger partial charge in [0.25, 0.3) is 0 Å². The lowest BCUT2D eigenvalue weighted by Gasteiger charge is -2.18. The Bertz CT molecular complexity index is 645. The van der Waals surface area contributed by atoms with E-state index in [2.05, 4.69) is 18.2 Å². The summed E-state index contributed by atoms with van der Waals surface area (Å²) in [5.74, 6) is 1.43. The smallest absolute Gasteiger partial charge is 0.151 e. The van der Waals surface area contributed by atoms with Crippen molar-refractivity contribution in [1.29, 1.82) is 0 Å². The van der Waals surface area contributed by atoms with Gasteiger partial charge in [-0.25, -0.2) is 4.31 Å². The Morgan fingerprint density at radius 2 is 1.82 bits per heavy atom. The standard InChI is InChI=1S/C17H21ClN2OS/c1-4-20(5-2)22-14-7-8-15(19)17(11-14)21-16-9-6-13(18)10-12(16)3/h6-11H,4-5,19H2,1-3H3. The fourth-order valence-electron chi connectivity index (χ4n) is 2.01. The normalized spacial score (nSPS) is 11.0. The van der Waals surface area contributed by atoms with Gasteiger partial charge in [-0.05, 0) is 60.8 Å². The van der Waals surface area contributed by atoms with Gasteiger partial charge in [0.05, 0.1) is 5.69 Å². The number of aryl methyl sites for hydroxylation is 1. The minimum absolute atomic E-state index is 0.623. The van der Waals surface area contributed by atoms with E-state index in [4.69, 9.17) is 22.1 Å². The van der Waals surface area contributed by atoms with E-state index in [0.29, 0.717) is 16.5 Å². The molecule has 118 valence electrons. The highest BCUT2D eigenvalue weighted by Crippen LogP contribution is 2.34. The van der Waals surface area contributed by atoms with Crippen LogP contribution in [-0.2, 0) is 0 Å². The van der Waals surface area contributed by atoms with Crippen LogP contribution in [0.4, 0.5) is 5.69 Å². The van der Waals surface area contributed by atoms with Gasteiger partial charge in [0.1, 0.15) is 5.75 Å². The van der Waals surface area contributed by atoms with Crippen LogP contribution in [0.1, 0.15) is 19.4 Å². The van der Waals surface area contributed by atoms with Crippen LogP contribution >= 0.6 is 23.5 Å². The molecule has 0 saturated carbocycles. The molecule has 2 aromatic rings. The molecule has 0 atom stereocenters. The number of nitrogens with zero attached hydrogens (tertiary/aromatic N) is 1. The van der Waals surface area contributed by atoms with E-state index in [0.717, 1.165) is 29.3 Å². The highest BCUT2D eigenvalue weighted by molar-refractivity contribution is 7.97. The number of nitrogens with two attached hydrogens (primary N) is 1. The molecule has 0 fully saturated rings. The summed E-state index contributed by atoms with van der Waals surface area (Å²) in [5.41, 5.74) is 7.64. The summed E-state index contributed by atoms with van der Waals surface area (Å²) < 4.78 is 8.24. The van der Waals surface area contributed by atoms with Gasteiger partial charge in [0.15, 0.2) is 5.75 Å². The molecule has 0 spiro atoms. The monoisotopic (exact) mass is 336 g/mol. The molecule has 0 radical (unpaired) electrons. The summed E-state index contributed by atoms with van der Waals surface area (Å²) in [4.78, 5) is 1.11. The molecule has 5 heteroatoms. The number of hydrogen-bond donors (Lipinski definition) is 1. The largest absolute Gasteiger partial charge is 0.455 e. The minimum atomic E-state index is 0.623. The minimum Gasteiger partial charge on any atom is -0.455 e. The summed E-state index contributed by atoms with van der Waals surface area (Å²) >= 11 is 7.68. The highest BCUT2D eigenvalue weighted by atomic mass is 35.5. The molecule has 3 nitrogen and oxygen atoms in total. The van der Waals surface area contributed by atoms with Gasteiger partial charge < -0.3 is 10.5 Å². The number of halogens is 1. The molecule has 0 aromatic heterocycles. The maximum absolute atomic E-state index is 6.04. The molecule has 0 amide bonds. The van der Waals surface area contributed by atoms with E-state index >= 15 is 0 Å². The maximum atomic E-state index is 6.04. The number of anilines is 1. The molecular weight excluding hydrogens is 316 g/mol. The number of rotatable bonds is 6. The summed E-state index contributed by atoms with van der Waals surface area (Å²) in [7, 11) is 0. The Morgan fingerprint density at radius 3 is 2.45 bits per heavy atom. The molecule has 0 unspecified atom stereocenters. The van der Waals surface area contributed by atoms with Crippen molar-refractivity contribution in [2.75, 3.05) is 18.8 Å². The molecule has 22 heavy (non-hydrogen) atoms. The van der Waals surface area contributed by atoms with Gasteiger partial charge in [-0.2, -0.15) is 0 Å². The second-order valence-corrected chi connectivity index (χ2v) is 6.52. The Morgan fingerprint density at radius 1 is 1.09 bits per heavy atom. The lowest BCUT2D eigenvalue weighted by Crippen LogP contribution is -2.13. The molecule has 0 aliphatic carbocycles. The zero-order chi connectivity index (χ0) is 16.1. The first-order chi connectivity index (χ1) is 10.5. The third-order valence-electron chi connectivity index (χ3n) is 3.28. The predicted molar refractivity (Wildman–Crippen MR) is 95.9 cm³/mol. The molecular formula is C17H21ClN2OS.